The third-order valence-electron chi connectivity index (χ3n) is 5.09. The smallest absolute Gasteiger partial charge is 0.217 e. The Labute approximate surface area is 155 Å². The third-order valence-corrected chi connectivity index (χ3v) is 5.09. The average Bonchev–Trinajstić information content (AvgIpc) is 2.60. The molecule has 2 unspecified atom stereocenters. The number of amides is 1. The van der Waals surface area contributed by atoms with E-state index >= 15 is 0 Å². The molecule has 1 amide bonds. The first kappa shape index (κ1) is 22.4. The molecular weight excluding hydrogens is 314 g/mol. The number of ether oxygens (including phenoxy) is 2. The summed E-state index contributed by atoms with van der Waals surface area (Å²) in [6.07, 6.45) is 18.9. The van der Waals surface area contributed by atoms with Crippen LogP contribution in [0.5, 0.6) is 0 Å². The number of hydrogen-bond acceptors (Lipinski definition) is 3. The van der Waals surface area contributed by atoms with Gasteiger partial charge in [0.15, 0.2) is 0 Å². The van der Waals surface area contributed by atoms with Crippen LogP contribution >= 0.6 is 0 Å². The van der Waals surface area contributed by atoms with E-state index in [9.17, 15) is 4.79 Å². The summed E-state index contributed by atoms with van der Waals surface area (Å²) in [5, 5.41) is 2.94. The van der Waals surface area contributed by atoms with Gasteiger partial charge in [-0.05, 0) is 6.42 Å². The summed E-state index contributed by atoms with van der Waals surface area (Å²) in [5.74, 6) is -0.00513. The first-order valence-corrected chi connectivity index (χ1v) is 10.7. The summed E-state index contributed by atoms with van der Waals surface area (Å²) in [5.41, 5.74) is 0. The molecule has 1 fully saturated rings. The molecule has 0 aliphatic carbocycles. The first-order valence-electron chi connectivity index (χ1n) is 10.7. The molecule has 2 atom stereocenters. The standard InChI is InChI=1S/C21H41NO3/c1-3-4-5-6-7-8-9-10-11-12-13-14-15-16-21-20(22-19(2)23)17-24-18-25-21/h20-21H,3-18H2,1-2H3,(H,22,23). The zero-order valence-corrected chi connectivity index (χ0v) is 16.7. The highest BCUT2D eigenvalue weighted by Gasteiger charge is 2.26. The van der Waals surface area contributed by atoms with Crippen molar-refractivity contribution < 1.29 is 14.3 Å². The molecule has 1 rings (SSSR count). The van der Waals surface area contributed by atoms with Crippen LogP contribution in [0.3, 0.4) is 0 Å². The molecule has 0 radical (unpaired) electrons. The molecule has 0 aromatic carbocycles. The maximum absolute atomic E-state index is 11.2. The third kappa shape index (κ3) is 12.4. The number of carbonyl (C=O) groups is 1. The van der Waals surface area contributed by atoms with Crippen molar-refractivity contribution in [2.75, 3.05) is 13.4 Å². The fourth-order valence-electron chi connectivity index (χ4n) is 3.58. The minimum atomic E-state index is -0.00513. The van der Waals surface area contributed by atoms with Crippen LogP contribution in [0.2, 0.25) is 0 Å². The molecule has 25 heavy (non-hydrogen) atoms. The molecule has 0 aromatic rings. The molecule has 4 nitrogen and oxygen atoms in total. The first-order chi connectivity index (χ1) is 12.2. The Morgan fingerprint density at radius 3 is 1.92 bits per heavy atom. The monoisotopic (exact) mass is 355 g/mol. The van der Waals surface area contributed by atoms with Gasteiger partial charge in [0.05, 0.1) is 18.8 Å². The summed E-state index contributed by atoms with van der Waals surface area (Å²) in [7, 11) is 0. The van der Waals surface area contributed by atoms with E-state index in [4.69, 9.17) is 9.47 Å². The topological polar surface area (TPSA) is 47.6 Å². The Bertz CT molecular complexity index is 322. The molecular formula is C21H41NO3. The van der Waals surface area contributed by atoms with E-state index in [1.165, 1.54) is 83.5 Å². The van der Waals surface area contributed by atoms with Gasteiger partial charge in [-0.3, -0.25) is 4.79 Å². The van der Waals surface area contributed by atoms with Gasteiger partial charge in [0.1, 0.15) is 6.79 Å². The second kappa shape index (κ2) is 15.6. The fraction of sp³-hybridized carbons (Fsp3) is 0.952. The lowest BCUT2D eigenvalue weighted by molar-refractivity contribution is -0.161. The van der Waals surface area contributed by atoms with Crippen LogP contribution < -0.4 is 5.32 Å². The summed E-state index contributed by atoms with van der Waals surface area (Å²) >= 11 is 0. The van der Waals surface area contributed by atoms with Gasteiger partial charge in [0.25, 0.3) is 0 Å². The average molecular weight is 356 g/mol. The predicted octanol–water partition coefficient (Wildman–Crippen LogP) is 5.35. The van der Waals surface area contributed by atoms with Crippen LogP contribution in [0.15, 0.2) is 0 Å². The molecule has 1 heterocycles. The van der Waals surface area contributed by atoms with E-state index in [1.807, 2.05) is 0 Å². The van der Waals surface area contributed by atoms with E-state index in [-0.39, 0.29) is 18.1 Å². The number of nitrogens with one attached hydrogen (secondary N) is 1. The molecule has 1 aliphatic heterocycles. The molecule has 0 bridgehead atoms. The van der Waals surface area contributed by atoms with Crippen LogP contribution in [0.25, 0.3) is 0 Å². The van der Waals surface area contributed by atoms with Crippen molar-refractivity contribution in [1.82, 2.24) is 5.32 Å². The largest absolute Gasteiger partial charge is 0.353 e. The number of rotatable bonds is 15. The van der Waals surface area contributed by atoms with E-state index in [1.54, 1.807) is 6.92 Å². The second-order valence-electron chi connectivity index (χ2n) is 7.53. The van der Waals surface area contributed by atoms with Crippen LogP contribution in [-0.2, 0) is 14.3 Å². The molecule has 4 heteroatoms. The van der Waals surface area contributed by atoms with Gasteiger partial charge in [-0.15, -0.1) is 0 Å². The highest BCUT2D eigenvalue weighted by Crippen LogP contribution is 2.17. The van der Waals surface area contributed by atoms with Crippen LogP contribution in [-0.4, -0.2) is 31.5 Å². The molecule has 148 valence electrons. The zero-order chi connectivity index (χ0) is 18.2. The van der Waals surface area contributed by atoms with Crippen molar-refractivity contribution in [2.24, 2.45) is 0 Å². The van der Waals surface area contributed by atoms with Crippen LogP contribution in [0, 0.1) is 0 Å². The van der Waals surface area contributed by atoms with Gasteiger partial charge in [-0.1, -0.05) is 90.4 Å². The van der Waals surface area contributed by atoms with E-state index < -0.39 is 0 Å². The SMILES string of the molecule is CCCCCCCCCCCCCCCC1OCOCC1NC(C)=O. The lowest BCUT2D eigenvalue weighted by Gasteiger charge is -2.32. The van der Waals surface area contributed by atoms with Gasteiger partial charge >= 0.3 is 0 Å². The minimum Gasteiger partial charge on any atom is -0.353 e. The molecule has 1 aliphatic rings. The van der Waals surface area contributed by atoms with Gasteiger partial charge < -0.3 is 14.8 Å². The maximum Gasteiger partial charge on any atom is 0.217 e. The molecule has 0 aromatic heterocycles. The number of carbonyl (C=O) groups excluding carboxylic acids is 1. The van der Waals surface area contributed by atoms with Gasteiger partial charge in [0, 0.05) is 6.92 Å². The van der Waals surface area contributed by atoms with Gasteiger partial charge in [0.2, 0.25) is 5.91 Å². The molecule has 1 saturated heterocycles. The molecule has 0 spiro atoms. The molecule has 0 saturated carbocycles. The van der Waals surface area contributed by atoms with Crippen molar-refractivity contribution in [2.45, 2.75) is 116 Å². The summed E-state index contributed by atoms with van der Waals surface area (Å²) in [6, 6.07) is 0.0172. The summed E-state index contributed by atoms with van der Waals surface area (Å²) < 4.78 is 11.0. The number of hydrogen-bond donors (Lipinski definition) is 1. The van der Waals surface area contributed by atoms with Crippen molar-refractivity contribution >= 4 is 5.91 Å². The van der Waals surface area contributed by atoms with Gasteiger partial charge in [-0.2, -0.15) is 0 Å². The van der Waals surface area contributed by atoms with E-state index in [2.05, 4.69) is 12.2 Å². The lowest BCUT2D eigenvalue weighted by atomic mass is 10.0. The zero-order valence-electron chi connectivity index (χ0n) is 16.7. The maximum atomic E-state index is 11.2. The summed E-state index contributed by atoms with van der Waals surface area (Å²) in [4.78, 5) is 11.2. The lowest BCUT2D eigenvalue weighted by Crippen LogP contribution is -2.50. The predicted molar refractivity (Wildman–Crippen MR) is 104 cm³/mol. The van der Waals surface area contributed by atoms with Crippen LogP contribution in [0.4, 0.5) is 0 Å². The molecule has 1 N–H and O–H groups in total. The highest BCUT2D eigenvalue weighted by molar-refractivity contribution is 5.73. The fourth-order valence-corrected chi connectivity index (χ4v) is 3.58. The Hall–Kier alpha value is -0.610. The van der Waals surface area contributed by atoms with Crippen molar-refractivity contribution in [3.63, 3.8) is 0 Å². The van der Waals surface area contributed by atoms with Crippen molar-refractivity contribution in [3.8, 4) is 0 Å². The number of unbranched alkanes of at least 4 members (excludes halogenated alkanes) is 12. The Balaban J connectivity index is 1.88. The Morgan fingerprint density at radius 2 is 1.40 bits per heavy atom. The summed E-state index contributed by atoms with van der Waals surface area (Å²) in [6.45, 7) is 4.76. The van der Waals surface area contributed by atoms with Gasteiger partial charge in [-0.25, -0.2) is 0 Å². The van der Waals surface area contributed by atoms with E-state index in [0.29, 0.717) is 13.4 Å². The second-order valence-corrected chi connectivity index (χ2v) is 7.53. The highest BCUT2D eigenvalue weighted by atomic mass is 16.7. The van der Waals surface area contributed by atoms with Crippen LogP contribution in [0.1, 0.15) is 104 Å². The van der Waals surface area contributed by atoms with Crippen molar-refractivity contribution in [3.05, 3.63) is 0 Å². The quantitative estimate of drug-likeness (QED) is 0.403. The van der Waals surface area contributed by atoms with Crippen molar-refractivity contribution in [1.29, 1.82) is 0 Å². The Kier molecular flexibility index (Phi) is 14.0. The minimum absolute atomic E-state index is 0.00513. The Morgan fingerprint density at radius 1 is 0.880 bits per heavy atom. The normalized spacial score (nSPS) is 20.6. The van der Waals surface area contributed by atoms with E-state index in [0.717, 1.165) is 6.42 Å².